The quantitative estimate of drug-likeness (QED) is 0.617. The van der Waals surface area contributed by atoms with Gasteiger partial charge in [0.2, 0.25) is 0 Å². The summed E-state index contributed by atoms with van der Waals surface area (Å²) in [5, 5.41) is 2.55. The number of nitrogens with two attached hydrogens (primary N) is 1. The summed E-state index contributed by atoms with van der Waals surface area (Å²) in [5.74, 6) is 0. The number of rotatable bonds is 3. The number of amides is 1. The van der Waals surface area contributed by atoms with Crippen molar-refractivity contribution >= 4 is 6.09 Å². The highest BCUT2D eigenvalue weighted by molar-refractivity contribution is 5.67. The summed E-state index contributed by atoms with van der Waals surface area (Å²) in [6.45, 7) is 0.950. The number of carbonyl (C=O) groups excluding carboxylic acids is 1. The molecule has 0 atom stereocenters. The number of carbonyl (C=O) groups is 1. The van der Waals surface area contributed by atoms with E-state index in [4.69, 9.17) is 10.5 Å². The van der Waals surface area contributed by atoms with Gasteiger partial charge in [0.1, 0.15) is 6.10 Å². The molecule has 0 heterocycles. The third-order valence-electron chi connectivity index (χ3n) is 1.74. The molecule has 1 aliphatic carbocycles. The van der Waals surface area contributed by atoms with Crippen molar-refractivity contribution in [2.75, 3.05) is 13.1 Å². The SMILES string of the molecule is NCCNC(=O)OC1CCC1. The van der Waals surface area contributed by atoms with Crippen LogP contribution in [-0.4, -0.2) is 25.3 Å². The molecule has 3 N–H and O–H groups in total. The van der Waals surface area contributed by atoms with E-state index in [-0.39, 0.29) is 12.2 Å². The molecule has 0 spiro atoms. The Morgan fingerprint density at radius 3 is 2.82 bits per heavy atom. The van der Waals surface area contributed by atoms with Crippen LogP contribution in [0.4, 0.5) is 4.79 Å². The van der Waals surface area contributed by atoms with Crippen molar-refractivity contribution < 1.29 is 9.53 Å². The Morgan fingerprint density at radius 2 is 2.36 bits per heavy atom. The van der Waals surface area contributed by atoms with Gasteiger partial charge in [0.15, 0.2) is 0 Å². The smallest absolute Gasteiger partial charge is 0.407 e. The Bertz CT molecular complexity index is 134. The van der Waals surface area contributed by atoms with Gasteiger partial charge in [-0.1, -0.05) is 0 Å². The maximum Gasteiger partial charge on any atom is 0.407 e. The Labute approximate surface area is 66.1 Å². The largest absolute Gasteiger partial charge is 0.446 e. The monoisotopic (exact) mass is 158 g/mol. The maximum absolute atomic E-state index is 10.8. The van der Waals surface area contributed by atoms with Crippen LogP contribution < -0.4 is 11.1 Å². The summed E-state index contributed by atoms with van der Waals surface area (Å²) >= 11 is 0. The molecular formula is C7H14N2O2. The van der Waals surface area contributed by atoms with Crippen molar-refractivity contribution in [1.29, 1.82) is 0 Å². The normalized spacial score (nSPS) is 17.2. The fourth-order valence-corrected chi connectivity index (χ4v) is 0.856. The fraction of sp³-hybridized carbons (Fsp3) is 0.857. The average Bonchev–Trinajstić information content (AvgIpc) is 1.93. The topological polar surface area (TPSA) is 64.3 Å². The number of hydrogen-bond donors (Lipinski definition) is 2. The van der Waals surface area contributed by atoms with Crippen LogP contribution in [0.3, 0.4) is 0 Å². The number of hydrogen-bond acceptors (Lipinski definition) is 3. The Balaban J connectivity index is 2.00. The van der Waals surface area contributed by atoms with Gasteiger partial charge in [-0.2, -0.15) is 0 Å². The van der Waals surface area contributed by atoms with Crippen molar-refractivity contribution in [3.05, 3.63) is 0 Å². The summed E-state index contributed by atoms with van der Waals surface area (Å²) < 4.78 is 4.98. The average molecular weight is 158 g/mol. The Kier molecular flexibility index (Phi) is 3.16. The van der Waals surface area contributed by atoms with E-state index in [0.717, 1.165) is 12.8 Å². The van der Waals surface area contributed by atoms with Crippen LogP contribution in [0.1, 0.15) is 19.3 Å². The van der Waals surface area contributed by atoms with Gasteiger partial charge in [0, 0.05) is 13.1 Å². The first kappa shape index (κ1) is 8.33. The maximum atomic E-state index is 10.8. The van der Waals surface area contributed by atoms with Gasteiger partial charge in [-0.15, -0.1) is 0 Å². The molecule has 4 nitrogen and oxygen atoms in total. The second-order valence-electron chi connectivity index (χ2n) is 2.67. The van der Waals surface area contributed by atoms with Gasteiger partial charge < -0.3 is 15.8 Å². The van der Waals surface area contributed by atoms with Crippen LogP contribution in [-0.2, 0) is 4.74 Å². The lowest BCUT2D eigenvalue weighted by Crippen LogP contribution is -2.34. The molecule has 1 rings (SSSR count). The molecule has 0 aromatic carbocycles. The molecule has 11 heavy (non-hydrogen) atoms. The molecule has 0 bridgehead atoms. The Hall–Kier alpha value is -0.770. The van der Waals surface area contributed by atoms with Crippen molar-refractivity contribution in [1.82, 2.24) is 5.32 Å². The van der Waals surface area contributed by atoms with Gasteiger partial charge >= 0.3 is 6.09 Å². The van der Waals surface area contributed by atoms with Gasteiger partial charge in [0.25, 0.3) is 0 Å². The zero-order valence-electron chi connectivity index (χ0n) is 6.51. The van der Waals surface area contributed by atoms with E-state index in [1.54, 1.807) is 0 Å². The van der Waals surface area contributed by atoms with Crippen LogP contribution in [0.25, 0.3) is 0 Å². The zero-order valence-corrected chi connectivity index (χ0v) is 6.51. The Morgan fingerprint density at radius 1 is 1.64 bits per heavy atom. The molecule has 0 aromatic rings. The lowest BCUT2D eigenvalue weighted by atomic mass is 9.96. The predicted octanol–water partition coefficient (Wildman–Crippen LogP) is 0.224. The van der Waals surface area contributed by atoms with Crippen LogP contribution in [0.2, 0.25) is 0 Å². The highest BCUT2D eigenvalue weighted by Crippen LogP contribution is 2.21. The second-order valence-corrected chi connectivity index (χ2v) is 2.67. The number of nitrogens with one attached hydrogen (secondary N) is 1. The van der Waals surface area contributed by atoms with Crippen molar-refractivity contribution in [2.45, 2.75) is 25.4 Å². The van der Waals surface area contributed by atoms with Crippen LogP contribution >= 0.6 is 0 Å². The summed E-state index contributed by atoms with van der Waals surface area (Å²) in [7, 11) is 0. The molecule has 1 amide bonds. The molecule has 1 fully saturated rings. The molecule has 0 aromatic heterocycles. The minimum Gasteiger partial charge on any atom is -0.446 e. The van der Waals surface area contributed by atoms with Crippen molar-refractivity contribution in [3.63, 3.8) is 0 Å². The van der Waals surface area contributed by atoms with Crippen molar-refractivity contribution in [2.24, 2.45) is 5.73 Å². The van der Waals surface area contributed by atoms with E-state index in [2.05, 4.69) is 5.32 Å². The minimum atomic E-state index is -0.333. The molecule has 0 unspecified atom stereocenters. The molecule has 1 saturated carbocycles. The molecule has 0 saturated heterocycles. The summed E-state index contributed by atoms with van der Waals surface area (Å²) in [6.07, 6.45) is 3.02. The summed E-state index contributed by atoms with van der Waals surface area (Å²) in [4.78, 5) is 10.8. The molecule has 1 aliphatic rings. The van der Waals surface area contributed by atoms with E-state index in [0.29, 0.717) is 13.1 Å². The standard InChI is InChI=1S/C7H14N2O2/c8-4-5-9-7(10)11-6-2-1-3-6/h6H,1-5,8H2,(H,9,10). The first-order valence-electron chi connectivity index (χ1n) is 3.97. The van der Waals surface area contributed by atoms with E-state index in [9.17, 15) is 4.79 Å². The second kappa shape index (κ2) is 4.18. The van der Waals surface area contributed by atoms with E-state index < -0.39 is 0 Å². The lowest BCUT2D eigenvalue weighted by Gasteiger charge is -2.24. The van der Waals surface area contributed by atoms with Crippen LogP contribution in [0.15, 0.2) is 0 Å². The minimum absolute atomic E-state index is 0.160. The van der Waals surface area contributed by atoms with E-state index in [1.165, 1.54) is 6.42 Å². The highest BCUT2D eigenvalue weighted by atomic mass is 16.6. The number of ether oxygens (including phenoxy) is 1. The summed E-state index contributed by atoms with van der Waals surface area (Å²) in [6, 6.07) is 0. The van der Waals surface area contributed by atoms with Gasteiger partial charge in [-0.3, -0.25) is 0 Å². The summed E-state index contributed by atoms with van der Waals surface area (Å²) in [5.41, 5.74) is 5.18. The molecule has 0 radical (unpaired) electrons. The molecule has 64 valence electrons. The van der Waals surface area contributed by atoms with Crippen molar-refractivity contribution in [3.8, 4) is 0 Å². The third-order valence-corrected chi connectivity index (χ3v) is 1.74. The van der Waals surface area contributed by atoms with E-state index >= 15 is 0 Å². The number of alkyl carbamates (subject to hydrolysis) is 1. The predicted molar refractivity (Wildman–Crippen MR) is 41.2 cm³/mol. The van der Waals surface area contributed by atoms with Gasteiger partial charge in [0.05, 0.1) is 0 Å². The van der Waals surface area contributed by atoms with E-state index in [1.807, 2.05) is 0 Å². The zero-order chi connectivity index (χ0) is 8.10. The van der Waals surface area contributed by atoms with Gasteiger partial charge in [-0.05, 0) is 19.3 Å². The third kappa shape index (κ3) is 2.76. The van der Waals surface area contributed by atoms with Crippen LogP contribution in [0, 0.1) is 0 Å². The fourth-order valence-electron chi connectivity index (χ4n) is 0.856. The first-order valence-corrected chi connectivity index (χ1v) is 3.97. The molecule has 0 aliphatic heterocycles. The highest BCUT2D eigenvalue weighted by Gasteiger charge is 2.20. The van der Waals surface area contributed by atoms with Crippen LogP contribution in [0.5, 0.6) is 0 Å². The lowest BCUT2D eigenvalue weighted by molar-refractivity contribution is 0.0527. The van der Waals surface area contributed by atoms with Gasteiger partial charge in [-0.25, -0.2) is 4.79 Å². The first-order chi connectivity index (χ1) is 5.33. The molecule has 4 heteroatoms. The molecular weight excluding hydrogens is 144 g/mol.